The summed E-state index contributed by atoms with van der Waals surface area (Å²) in [4.78, 5) is 20.1. The van der Waals surface area contributed by atoms with Gasteiger partial charge >= 0.3 is 0 Å². The van der Waals surface area contributed by atoms with Crippen LogP contribution in [0.3, 0.4) is 0 Å². The van der Waals surface area contributed by atoms with Gasteiger partial charge in [0, 0.05) is 12.1 Å². The van der Waals surface area contributed by atoms with Crippen LogP contribution in [0, 0.1) is 17.6 Å². The summed E-state index contributed by atoms with van der Waals surface area (Å²) in [7, 11) is -3.43. The zero-order valence-corrected chi connectivity index (χ0v) is 18.4. The van der Waals surface area contributed by atoms with Gasteiger partial charge in [0.15, 0.2) is 15.7 Å². The molecule has 2 aliphatic rings. The molecule has 0 spiro atoms. The number of aliphatic hydroxyl groups excluding tert-OH is 1. The molecular formula is C20H21ClF2N4O4S. The van der Waals surface area contributed by atoms with Crippen molar-refractivity contribution in [1.82, 2.24) is 20.6 Å². The Bertz CT molecular complexity index is 1180. The van der Waals surface area contributed by atoms with Gasteiger partial charge in [-0.05, 0) is 37.4 Å². The normalized spacial score (nSPS) is 21.9. The fourth-order valence-electron chi connectivity index (χ4n) is 4.11. The second-order valence-electron chi connectivity index (χ2n) is 8.00. The van der Waals surface area contributed by atoms with E-state index in [0.29, 0.717) is 30.8 Å². The Kier molecular flexibility index (Phi) is 6.44. The molecule has 1 aromatic heterocycles. The molecule has 3 N–H and O–H groups in total. The lowest BCUT2D eigenvalue weighted by molar-refractivity contribution is -0.124. The molecule has 0 bridgehead atoms. The summed E-state index contributed by atoms with van der Waals surface area (Å²) in [6.07, 6.45) is 1.30. The SMILES string of the molecule is O=C(CO)NCC1CCNC(c2nc(-c3cc(F)c(Cl)cc3F)nc3c2CS(=O)(=O)C3)C1. The van der Waals surface area contributed by atoms with Crippen molar-refractivity contribution < 1.29 is 27.1 Å². The largest absolute Gasteiger partial charge is 0.387 e. The Morgan fingerprint density at radius 1 is 1.25 bits per heavy atom. The van der Waals surface area contributed by atoms with Gasteiger partial charge < -0.3 is 15.7 Å². The predicted octanol–water partition coefficient (Wildman–Crippen LogP) is 1.65. The summed E-state index contributed by atoms with van der Waals surface area (Å²) >= 11 is 5.65. The quantitative estimate of drug-likeness (QED) is 0.549. The number of nitrogens with zero attached hydrogens (tertiary/aromatic N) is 2. The third-order valence-corrected chi connectivity index (χ3v) is 7.40. The van der Waals surface area contributed by atoms with Crippen molar-refractivity contribution in [3.63, 3.8) is 0 Å². The van der Waals surface area contributed by atoms with Gasteiger partial charge in [0.05, 0.1) is 39.5 Å². The highest BCUT2D eigenvalue weighted by molar-refractivity contribution is 7.90. The molecule has 172 valence electrons. The average Bonchev–Trinajstić information content (AvgIpc) is 3.07. The number of aliphatic hydroxyl groups is 1. The van der Waals surface area contributed by atoms with E-state index in [0.717, 1.165) is 18.6 Å². The molecule has 32 heavy (non-hydrogen) atoms. The minimum atomic E-state index is -3.43. The molecule has 2 unspecified atom stereocenters. The van der Waals surface area contributed by atoms with E-state index in [-0.39, 0.29) is 45.6 Å². The highest BCUT2D eigenvalue weighted by atomic mass is 35.5. The molecule has 1 saturated heterocycles. The number of aromatic nitrogens is 2. The van der Waals surface area contributed by atoms with E-state index in [4.69, 9.17) is 16.7 Å². The molecule has 0 saturated carbocycles. The predicted molar refractivity (Wildman–Crippen MR) is 112 cm³/mol. The first-order chi connectivity index (χ1) is 15.2. The van der Waals surface area contributed by atoms with Crippen LogP contribution in [-0.2, 0) is 26.1 Å². The summed E-state index contributed by atoms with van der Waals surface area (Å²) in [5.74, 6) is -2.70. The number of sulfone groups is 1. The van der Waals surface area contributed by atoms with Gasteiger partial charge in [0.2, 0.25) is 5.91 Å². The van der Waals surface area contributed by atoms with Crippen LogP contribution in [0.5, 0.6) is 0 Å². The highest BCUT2D eigenvalue weighted by Gasteiger charge is 2.35. The topological polar surface area (TPSA) is 121 Å². The molecule has 12 heteroatoms. The third kappa shape index (κ3) is 4.75. The lowest BCUT2D eigenvalue weighted by atomic mass is 9.89. The molecule has 2 aliphatic heterocycles. The van der Waals surface area contributed by atoms with Crippen LogP contribution >= 0.6 is 11.6 Å². The second-order valence-corrected chi connectivity index (χ2v) is 10.5. The van der Waals surface area contributed by atoms with Gasteiger partial charge in [-0.25, -0.2) is 27.2 Å². The molecule has 1 amide bonds. The Hall–Kier alpha value is -2.21. The maximum atomic E-state index is 14.5. The fraction of sp³-hybridized carbons (Fsp3) is 0.450. The first-order valence-corrected chi connectivity index (χ1v) is 12.2. The summed E-state index contributed by atoms with van der Waals surface area (Å²) in [6, 6.07) is 1.37. The van der Waals surface area contributed by atoms with E-state index in [1.165, 1.54) is 0 Å². The van der Waals surface area contributed by atoms with Crippen LogP contribution in [0.4, 0.5) is 8.78 Å². The Balaban J connectivity index is 1.72. The molecule has 0 radical (unpaired) electrons. The van der Waals surface area contributed by atoms with Crippen molar-refractivity contribution >= 4 is 27.3 Å². The summed E-state index contributed by atoms with van der Waals surface area (Å²) in [5.41, 5.74) is 0.972. The van der Waals surface area contributed by atoms with E-state index >= 15 is 0 Å². The maximum Gasteiger partial charge on any atom is 0.245 e. The van der Waals surface area contributed by atoms with E-state index in [1.54, 1.807) is 0 Å². The zero-order chi connectivity index (χ0) is 23.0. The number of halogens is 3. The standard InChI is InChI=1S/C20H21ClF2N4O4S/c21-13-5-14(22)11(4-15(13)23)20-26-17-9-32(30,31)8-12(17)19(27-20)16-3-10(1-2-24-16)6-25-18(29)7-28/h4-5,10,16,24,28H,1-3,6-9H2,(H,25,29). The van der Waals surface area contributed by atoms with Gasteiger partial charge in [-0.1, -0.05) is 11.6 Å². The van der Waals surface area contributed by atoms with Gasteiger partial charge in [-0.15, -0.1) is 0 Å². The Labute approximate surface area is 188 Å². The van der Waals surface area contributed by atoms with Gasteiger partial charge in [0.1, 0.15) is 18.2 Å². The van der Waals surface area contributed by atoms with Crippen molar-refractivity contribution in [1.29, 1.82) is 0 Å². The number of piperidine rings is 1. The number of rotatable bonds is 5. The fourth-order valence-corrected chi connectivity index (χ4v) is 5.77. The number of carbonyl (C=O) groups excluding carboxylic acids is 1. The molecule has 2 atom stereocenters. The molecule has 1 aromatic carbocycles. The van der Waals surface area contributed by atoms with E-state index in [1.807, 2.05) is 0 Å². The average molecular weight is 487 g/mol. The van der Waals surface area contributed by atoms with Crippen LogP contribution in [0.25, 0.3) is 11.4 Å². The molecule has 2 aromatic rings. The minimum absolute atomic E-state index is 0.0635. The first-order valence-electron chi connectivity index (χ1n) is 10.0. The maximum absolute atomic E-state index is 14.5. The lowest BCUT2D eigenvalue weighted by Gasteiger charge is -2.31. The Morgan fingerprint density at radius 3 is 2.78 bits per heavy atom. The summed E-state index contributed by atoms with van der Waals surface area (Å²) in [6.45, 7) is 0.348. The third-order valence-electron chi connectivity index (χ3n) is 5.67. The van der Waals surface area contributed by atoms with Crippen molar-refractivity contribution in [2.24, 2.45) is 5.92 Å². The van der Waals surface area contributed by atoms with Gasteiger partial charge in [-0.3, -0.25) is 4.79 Å². The van der Waals surface area contributed by atoms with Crippen LogP contribution < -0.4 is 10.6 Å². The van der Waals surface area contributed by atoms with Gasteiger partial charge in [0.25, 0.3) is 0 Å². The number of hydrogen-bond donors (Lipinski definition) is 3. The Morgan fingerprint density at radius 2 is 2.03 bits per heavy atom. The molecule has 1 fully saturated rings. The van der Waals surface area contributed by atoms with Crippen LogP contribution in [0.1, 0.15) is 35.8 Å². The van der Waals surface area contributed by atoms with E-state index in [2.05, 4.69) is 20.6 Å². The van der Waals surface area contributed by atoms with Gasteiger partial charge in [-0.2, -0.15) is 0 Å². The number of fused-ring (bicyclic) bond motifs is 1. The summed E-state index contributed by atoms with van der Waals surface area (Å²) in [5, 5.41) is 14.5. The van der Waals surface area contributed by atoms with E-state index in [9.17, 15) is 22.0 Å². The number of carbonyl (C=O) groups is 1. The number of hydrogen-bond acceptors (Lipinski definition) is 7. The molecule has 4 rings (SSSR count). The molecule has 0 aliphatic carbocycles. The van der Waals surface area contributed by atoms with Crippen molar-refractivity contribution in [2.45, 2.75) is 30.4 Å². The molecule has 8 nitrogen and oxygen atoms in total. The zero-order valence-electron chi connectivity index (χ0n) is 16.9. The number of benzene rings is 1. The first kappa shape index (κ1) is 23.0. The minimum Gasteiger partial charge on any atom is -0.387 e. The summed E-state index contributed by atoms with van der Waals surface area (Å²) < 4.78 is 53.2. The van der Waals surface area contributed by atoms with Crippen LogP contribution in [0.15, 0.2) is 12.1 Å². The molecule has 3 heterocycles. The monoisotopic (exact) mass is 486 g/mol. The lowest BCUT2D eigenvalue weighted by Crippen LogP contribution is -2.39. The number of nitrogens with one attached hydrogen (secondary N) is 2. The van der Waals surface area contributed by atoms with Crippen molar-refractivity contribution in [3.8, 4) is 11.4 Å². The van der Waals surface area contributed by atoms with Crippen molar-refractivity contribution in [3.05, 3.63) is 45.7 Å². The highest BCUT2D eigenvalue weighted by Crippen LogP contribution is 2.36. The van der Waals surface area contributed by atoms with Crippen LogP contribution in [0.2, 0.25) is 5.02 Å². The smallest absolute Gasteiger partial charge is 0.245 e. The van der Waals surface area contributed by atoms with Crippen molar-refractivity contribution in [2.75, 3.05) is 19.7 Å². The second kappa shape index (κ2) is 8.97. The number of amides is 1. The van der Waals surface area contributed by atoms with E-state index < -0.39 is 34.0 Å². The van der Waals surface area contributed by atoms with Crippen LogP contribution in [-0.4, -0.2) is 49.1 Å². The molecular weight excluding hydrogens is 466 g/mol.